The van der Waals surface area contributed by atoms with E-state index in [-0.39, 0.29) is 6.61 Å². The lowest BCUT2D eigenvalue weighted by Crippen LogP contribution is -2.37. The zero-order valence-corrected chi connectivity index (χ0v) is 16.7. The Labute approximate surface area is 162 Å². The van der Waals surface area contributed by atoms with Crippen molar-refractivity contribution in [2.75, 3.05) is 33.9 Å². The predicted octanol–water partition coefficient (Wildman–Crippen LogP) is 3.60. The minimum Gasteiger partial charge on any atom is -0.497 e. The lowest BCUT2D eigenvalue weighted by Gasteiger charge is -2.27. The molecule has 0 amide bonds. The molecule has 0 unspecified atom stereocenters. The van der Waals surface area contributed by atoms with E-state index in [0.29, 0.717) is 12.5 Å². The Balaban J connectivity index is 1.88. The maximum absolute atomic E-state index is 10.4. The van der Waals surface area contributed by atoms with Crippen molar-refractivity contribution in [3.05, 3.63) is 54.1 Å². The van der Waals surface area contributed by atoms with Crippen LogP contribution in [0.5, 0.6) is 17.2 Å². The van der Waals surface area contributed by atoms with Crippen LogP contribution < -0.4 is 14.2 Å². The number of aliphatic hydroxyl groups is 1. The van der Waals surface area contributed by atoms with Crippen LogP contribution in [0.15, 0.2) is 48.5 Å². The molecular weight excluding hydrogens is 342 g/mol. The summed E-state index contributed by atoms with van der Waals surface area (Å²) in [5.74, 6) is 2.87. The molecule has 1 atom stereocenters. The second-order valence-electron chi connectivity index (χ2n) is 7.08. The first kappa shape index (κ1) is 21.1. The molecule has 5 nitrogen and oxygen atoms in total. The van der Waals surface area contributed by atoms with E-state index in [4.69, 9.17) is 14.2 Å². The number of nitrogens with zero attached hydrogens (tertiary/aromatic N) is 1. The third-order valence-corrected chi connectivity index (χ3v) is 4.16. The Bertz CT molecular complexity index is 655. The predicted molar refractivity (Wildman–Crippen MR) is 108 cm³/mol. The topological polar surface area (TPSA) is 51.2 Å². The van der Waals surface area contributed by atoms with Gasteiger partial charge in [-0.25, -0.2) is 0 Å². The molecule has 27 heavy (non-hydrogen) atoms. The van der Waals surface area contributed by atoms with Crippen LogP contribution in [0, 0.1) is 5.92 Å². The van der Waals surface area contributed by atoms with Gasteiger partial charge in [0.15, 0.2) is 0 Å². The number of benzene rings is 2. The molecule has 1 N–H and O–H groups in total. The fraction of sp³-hybridized carbons (Fsp3) is 0.455. The lowest BCUT2D eigenvalue weighted by molar-refractivity contribution is 0.0615. The van der Waals surface area contributed by atoms with Gasteiger partial charge in [0.25, 0.3) is 0 Å². The second kappa shape index (κ2) is 10.8. The molecule has 0 fully saturated rings. The smallest absolute Gasteiger partial charge is 0.119 e. The molecule has 0 saturated heterocycles. The molecule has 0 bridgehead atoms. The third-order valence-electron chi connectivity index (χ3n) is 4.16. The van der Waals surface area contributed by atoms with Crippen LogP contribution in [0.25, 0.3) is 0 Å². The molecule has 0 aliphatic rings. The van der Waals surface area contributed by atoms with Crippen molar-refractivity contribution in [3.63, 3.8) is 0 Å². The van der Waals surface area contributed by atoms with E-state index >= 15 is 0 Å². The van der Waals surface area contributed by atoms with Crippen LogP contribution in [0.2, 0.25) is 0 Å². The molecule has 0 aliphatic carbocycles. The number of hydrogen-bond donors (Lipinski definition) is 1. The Morgan fingerprint density at radius 3 is 1.85 bits per heavy atom. The number of methoxy groups -OCH3 is 2. The maximum Gasteiger partial charge on any atom is 0.119 e. The Hall–Kier alpha value is -2.24. The van der Waals surface area contributed by atoms with Crippen LogP contribution in [-0.4, -0.2) is 50.0 Å². The zero-order chi connectivity index (χ0) is 19.6. The summed E-state index contributed by atoms with van der Waals surface area (Å²) in [6.45, 7) is 6.86. The normalized spacial score (nSPS) is 12.3. The van der Waals surface area contributed by atoms with E-state index < -0.39 is 6.10 Å². The molecule has 0 spiro atoms. The highest BCUT2D eigenvalue weighted by atomic mass is 16.5. The van der Waals surface area contributed by atoms with Crippen LogP contribution in [0.3, 0.4) is 0 Å². The average Bonchev–Trinajstić information content (AvgIpc) is 2.67. The largest absolute Gasteiger partial charge is 0.497 e. The molecular formula is C22H31NO4. The van der Waals surface area contributed by atoms with Gasteiger partial charge >= 0.3 is 0 Å². The van der Waals surface area contributed by atoms with Crippen molar-refractivity contribution in [2.45, 2.75) is 26.5 Å². The summed E-state index contributed by atoms with van der Waals surface area (Å²) >= 11 is 0. The van der Waals surface area contributed by atoms with E-state index in [1.807, 2.05) is 36.4 Å². The van der Waals surface area contributed by atoms with Crippen molar-refractivity contribution in [1.82, 2.24) is 4.90 Å². The molecule has 0 heterocycles. The van der Waals surface area contributed by atoms with Gasteiger partial charge in [-0.05, 0) is 47.9 Å². The van der Waals surface area contributed by atoms with E-state index in [9.17, 15) is 5.11 Å². The highest BCUT2D eigenvalue weighted by Gasteiger charge is 2.15. The first-order valence-electron chi connectivity index (χ1n) is 9.30. The molecule has 2 aromatic rings. The Morgan fingerprint density at radius 1 is 0.815 bits per heavy atom. The van der Waals surface area contributed by atoms with E-state index in [1.54, 1.807) is 14.2 Å². The summed E-state index contributed by atoms with van der Waals surface area (Å²) in [4.78, 5) is 2.26. The number of hydrogen-bond acceptors (Lipinski definition) is 5. The van der Waals surface area contributed by atoms with Crippen molar-refractivity contribution in [2.24, 2.45) is 5.92 Å². The quantitative estimate of drug-likeness (QED) is 0.652. The van der Waals surface area contributed by atoms with E-state index in [2.05, 4.69) is 30.9 Å². The van der Waals surface area contributed by atoms with Gasteiger partial charge in [-0.3, -0.25) is 4.90 Å². The van der Waals surface area contributed by atoms with Gasteiger partial charge in [-0.2, -0.15) is 0 Å². The number of aliphatic hydroxyl groups excluding tert-OH is 1. The minimum atomic E-state index is -0.566. The van der Waals surface area contributed by atoms with Gasteiger partial charge in [0.1, 0.15) is 30.0 Å². The van der Waals surface area contributed by atoms with Crippen molar-refractivity contribution < 1.29 is 19.3 Å². The van der Waals surface area contributed by atoms with Crippen LogP contribution in [-0.2, 0) is 6.54 Å². The zero-order valence-electron chi connectivity index (χ0n) is 16.7. The molecule has 148 valence electrons. The summed E-state index contributed by atoms with van der Waals surface area (Å²) in [5.41, 5.74) is 1.19. The second-order valence-corrected chi connectivity index (χ2v) is 7.08. The van der Waals surface area contributed by atoms with Gasteiger partial charge in [0, 0.05) is 19.6 Å². The fourth-order valence-corrected chi connectivity index (χ4v) is 2.92. The SMILES string of the molecule is COc1ccc(CN(CC(C)C)C[C@@H](O)COc2ccc(OC)cc2)cc1. The van der Waals surface area contributed by atoms with E-state index in [1.165, 1.54) is 5.56 Å². The van der Waals surface area contributed by atoms with Gasteiger partial charge < -0.3 is 19.3 Å². The maximum atomic E-state index is 10.4. The van der Waals surface area contributed by atoms with Crippen LogP contribution >= 0.6 is 0 Å². The van der Waals surface area contributed by atoms with E-state index in [0.717, 1.165) is 30.3 Å². The first-order chi connectivity index (χ1) is 13.0. The molecule has 0 aromatic heterocycles. The number of ether oxygens (including phenoxy) is 3. The van der Waals surface area contributed by atoms with Gasteiger partial charge in [0.05, 0.1) is 14.2 Å². The molecule has 5 heteroatoms. The summed E-state index contributed by atoms with van der Waals surface area (Å²) in [6.07, 6.45) is -0.566. The average molecular weight is 373 g/mol. The fourth-order valence-electron chi connectivity index (χ4n) is 2.92. The first-order valence-corrected chi connectivity index (χ1v) is 9.30. The van der Waals surface area contributed by atoms with Gasteiger partial charge in [-0.15, -0.1) is 0 Å². The summed E-state index contributed by atoms with van der Waals surface area (Å²) in [7, 11) is 3.30. The summed E-state index contributed by atoms with van der Waals surface area (Å²) < 4.78 is 16.1. The van der Waals surface area contributed by atoms with Crippen molar-refractivity contribution >= 4 is 0 Å². The standard InChI is InChI=1S/C22H31NO4/c1-17(2)13-23(14-18-5-7-20(25-3)8-6-18)15-19(24)16-27-22-11-9-21(26-4)10-12-22/h5-12,17,19,24H,13-16H2,1-4H3/t19-/m1/s1. The summed E-state index contributed by atoms with van der Waals surface area (Å²) in [5, 5.41) is 10.4. The highest BCUT2D eigenvalue weighted by molar-refractivity contribution is 5.31. The van der Waals surface area contributed by atoms with Gasteiger partial charge in [-0.1, -0.05) is 26.0 Å². The summed E-state index contributed by atoms with van der Waals surface area (Å²) in [6, 6.07) is 15.4. The van der Waals surface area contributed by atoms with Crippen molar-refractivity contribution in [3.8, 4) is 17.2 Å². The lowest BCUT2D eigenvalue weighted by atomic mass is 10.1. The molecule has 0 aliphatic heterocycles. The molecule has 2 rings (SSSR count). The van der Waals surface area contributed by atoms with Crippen LogP contribution in [0.4, 0.5) is 0 Å². The molecule has 0 radical (unpaired) electrons. The van der Waals surface area contributed by atoms with Gasteiger partial charge in [0.2, 0.25) is 0 Å². The molecule has 0 saturated carbocycles. The number of rotatable bonds is 11. The molecule has 2 aromatic carbocycles. The minimum absolute atomic E-state index is 0.254. The Morgan fingerprint density at radius 2 is 1.33 bits per heavy atom. The Kier molecular flexibility index (Phi) is 8.43. The third kappa shape index (κ3) is 7.49. The van der Waals surface area contributed by atoms with Crippen LogP contribution in [0.1, 0.15) is 19.4 Å². The highest BCUT2D eigenvalue weighted by Crippen LogP contribution is 2.18. The van der Waals surface area contributed by atoms with Crippen molar-refractivity contribution in [1.29, 1.82) is 0 Å². The monoisotopic (exact) mass is 373 g/mol.